The molecule has 6 nitrogen and oxygen atoms in total. The lowest BCUT2D eigenvalue weighted by atomic mass is 10.1. The molecule has 1 amide bonds. The van der Waals surface area contributed by atoms with E-state index in [1.807, 2.05) is 48.5 Å². The van der Waals surface area contributed by atoms with Crippen molar-refractivity contribution in [2.24, 2.45) is 0 Å². The quantitative estimate of drug-likeness (QED) is 0.612. The van der Waals surface area contributed by atoms with E-state index < -0.39 is 0 Å². The van der Waals surface area contributed by atoms with E-state index in [2.05, 4.69) is 15.3 Å². The SMILES string of the molecule is COc1cccc(Sc2ccnc(Cc3ccc(NC(=O)CC#N)cc3)n2)c1. The van der Waals surface area contributed by atoms with Crippen LogP contribution in [0.3, 0.4) is 0 Å². The number of methoxy groups -OCH3 is 1. The number of carbonyl (C=O) groups excluding carboxylic acids is 1. The zero-order valence-electron chi connectivity index (χ0n) is 15.3. The number of anilines is 1. The summed E-state index contributed by atoms with van der Waals surface area (Å²) < 4.78 is 5.25. The summed E-state index contributed by atoms with van der Waals surface area (Å²) in [5.41, 5.74) is 1.69. The van der Waals surface area contributed by atoms with Gasteiger partial charge in [0, 0.05) is 23.2 Å². The Morgan fingerprint density at radius 3 is 2.79 bits per heavy atom. The molecule has 3 aromatic rings. The third-order valence-electron chi connectivity index (χ3n) is 3.78. The van der Waals surface area contributed by atoms with Crippen molar-refractivity contribution < 1.29 is 9.53 Å². The number of nitrogens with zero attached hydrogens (tertiary/aromatic N) is 3. The first-order valence-electron chi connectivity index (χ1n) is 8.56. The minimum atomic E-state index is -0.319. The van der Waals surface area contributed by atoms with Gasteiger partial charge >= 0.3 is 0 Å². The van der Waals surface area contributed by atoms with Crippen molar-refractivity contribution in [3.63, 3.8) is 0 Å². The molecule has 0 saturated heterocycles. The Morgan fingerprint density at radius 2 is 2.04 bits per heavy atom. The van der Waals surface area contributed by atoms with Gasteiger partial charge in [-0.05, 0) is 42.0 Å². The van der Waals surface area contributed by atoms with E-state index in [0.29, 0.717) is 17.9 Å². The second-order valence-corrected chi connectivity index (χ2v) is 6.94. The summed E-state index contributed by atoms with van der Waals surface area (Å²) in [6, 6.07) is 19.0. The van der Waals surface area contributed by atoms with Crippen LogP contribution in [0.5, 0.6) is 5.75 Å². The Morgan fingerprint density at radius 1 is 1.21 bits per heavy atom. The van der Waals surface area contributed by atoms with Gasteiger partial charge in [-0.15, -0.1) is 0 Å². The van der Waals surface area contributed by atoms with Crippen LogP contribution in [0.2, 0.25) is 0 Å². The number of aromatic nitrogens is 2. The molecule has 0 saturated carbocycles. The van der Waals surface area contributed by atoms with Gasteiger partial charge < -0.3 is 10.1 Å². The topological polar surface area (TPSA) is 87.9 Å². The van der Waals surface area contributed by atoms with Crippen LogP contribution in [0.1, 0.15) is 17.8 Å². The first kappa shape index (κ1) is 19.4. The zero-order chi connectivity index (χ0) is 19.8. The normalized spacial score (nSPS) is 10.1. The highest BCUT2D eigenvalue weighted by Gasteiger charge is 2.06. The van der Waals surface area contributed by atoms with E-state index in [9.17, 15) is 4.79 Å². The summed E-state index contributed by atoms with van der Waals surface area (Å²) >= 11 is 1.55. The van der Waals surface area contributed by atoms with Crippen LogP contribution in [-0.4, -0.2) is 23.0 Å². The first-order chi connectivity index (χ1) is 13.7. The Bertz CT molecular complexity index is 1000. The van der Waals surface area contributed by atoms with Crippen LogP contribution in [0.4, 0.5) is 5.69 Å². The summed E-state index contributed by atoms with van der Waals surface area (Å²) in [6.07, 6.45) is 2.17. The zero-order valence-corrected chi connectivity index (χ0v) is 16.1. The lowest BCUT2D eigenvalue weighted by Gasteiger charge is -2.07. The number of rotatable bonds is 7. The van der Waals surface area contributed by atoms with Crippen molar-refractivity contribution in [1.82, 2.24) is 9.97 Å². The Labute approximate surface area is 167 Å². The molecule has 0 fully saturated rings. The van der Waals surface area contributed by atoms with Crippen molar-refractivity contribution in [1.29, 1.82) is 5.26 Å². The van der Waals surface area contributed by atoms with E-state index in [4.69, 9.17) is 10.00 Å². The number of amides is 1. The van der Waals surface area contributed by atoms with Crippen molar-refractivity contribution in [2.45, 2.75) is 22.8 Å². The molecule has 0 radical (unpaired) electrons. The van der Waals surface area contributed by atoms with Crippen molar-refractivity contribution in [2.75, 3.05) is 12.4 Å². The lowest BCUT2D eigenvalue weighted by Crippen LogP contribution is -2.09. The second-order valence-electron chi connectivity index (χ2n) is 5.85. The summed E-state index contributed by atoms with van der Waals surface area (Å²) in [5.74, 6) is 1.20. The Kier molecular flexibility index (Phi) is 6.60. The van der Waals surface area contributed by atoms with E-state index in [-0.39, 0.29) is 12.3 Å². The fourth-order valence-corrected chi connectivity index (χ4v) is 3.32. The molecule has 0 aliphatic rings. The molecular formula is C21H18N4O2S. The van der Waals surface area contributed by atoms with E-state index in [1.54, 1.807) is 37.2 Å². The molecular weight excluding hydrogens is 372 g/mol. The molecule has 7 heteroatoms. The highest BCUT2D eigenvalue weighted by molar-refractivity contribution is 7.99. The number of nitrogens with one attached hydrogen (secondary N) is 1. The van der Waals surface area contributed by atoms with Crippen LogP contribution >= 0.6 is 11.8 Å². The maximum Gasteiger partial charge on any atom is 0.238 e. The molecule has 28 heavy (non-hydrogen) atoms. The van der Waals surface area contributed by atoms with Crippen molar-refractivity contribution in [3.05, 3.63) is 72.2 Å². The molecule has 0 atom stereocenters. The molecule has 1 aromatic heterocycles. The molecule has 2 aromatic carbocycles. The van der Waals surface area contributed by atoms with Gasteiger partial charge in [-0.3, -0.25) is 4.79 Å². The second kappa shape index (κ2) is 9.53. The third-order valence-corrected chi connectivity index (χ3v) is 4.71. The fraction of sp³-hybridized carbons (Fsp3) is 0.143. The summed E-state index contributed by atoms with van der Waals surface area (Å²) in [5, 5.41) is 12.1. The van der Waals surface area contributed by atoms with Gasteiger partial charge in [0.25, 0.3) is 0 Å². The monoisotopic (exact) mass is 390 g/mol. The number of hydrogen-bond donors (Lipinski definition) is 1. The lowest BCUT2D eigenvalue weighted by molar-refractivity contribution is -0.115. The minimum Gasteiger partial charge on any atom is -0.497 e. The maximum absolute atomic E-state index is 11.5. The van der Waals surface area contributed by atoms with Crippen LogP contribution in [0, 0.1) is 11.3 Å². The summed E-state index contributed by atoms with van der Waals surface area (Å²) in [6.45, 7) is 0. The molecule has 0 aliphatic heterocycles. The summed E-state index contributed by atoms with van der Waals surface area (Å²) in [4.78, 5) is 21.5. The highest BCUT2D eigenvalue weighted by atomic mass is 32.2. The van der Waals surface area contributed by atoms with E-state index >= 15 is 0 Å². The number of hydrogen-bond acceptors (Lipinski definition) is 6. The third kappa shape index (κ3) is 5.56. The predicted molar refractivity (Wildman–Crippen MR) is 107 cm³/mol. The number of ether oxygens (including phenoxy) is 1. The van der Waals surface area contributed by atoms with Crippen LogP contribution in [0.25, 0.3) is 0 Å². The van der Waals surface area contributed by atoms with E-state index in [1.165, 1.54) is 0 Å². The van der Waals surface area contributed by atoms with Crippen molar-refractivity contribution in [3.8, 4) is 11.8 Å². The van der Waals surface area contributed by atoms with Crippen LogP contribution < -0.4 is 10.1 Å². The predicted octanol–water partition coefficient (Wildman–Crippen LogP) is 4.08. The van der Waals surface area contributed by atoms with E-state index in [0.717, 1.165) is 21.2 Å². The van der Waals surface area contributed by atoms with Gasteiger partial charge in [-0.1, -0.05) is 30.0 Å². The maximum atomic E-state index is 11.5. The average Bonchev–Trinajstić information content (AvgIpc) is 2.70. The Hall–Kier alpha value is -3.37. The number of carbonyl (C=O) groups is 1. The molecule has 0 bridgehead atoms. The molecule has 3 rings (SSSR count). The van der Waals surface area contributed by atoms with Crippen LogP contribution in [-0.2, 0) is 11.2 Å². The van der Waals surface area contributed by atoms with Gasteiger partial charge in [0.2, 0.25) is 5.91 Å². The largest absolute Gasteiger partial charge is 0.497 e. The van der Waals surface area contributed by atoms with Crippen LogP contribution in [0.15, 0.2) is 70.7 Å². The molecule has 0 unspecified atom stereocenters. The smallest absolute Gasteiger partial charge is 0.238 e. The van der Waals surface area contributed by atoms with Crippen molar-refractivity contribution >= 4 is 23.4 Å². The van der Waals surface area contributed by atoms with Gasteiger partial charge in [0.1, 0.15) is 23.0 Å². The number of benzene rings is 2. The van der Waals surface area contributed by atoms with Gasteiger partial charge in [-0.25, -0.2) is 9.97 Å². The molecule has 0 spiro atoms. The Balaban J connectivity index is 1.65. The standard InChI is InChI=1S/C21H18N4O2S/c1-27-17-3-2-4-18(14-17)28-21-10-12-23-19(25-21)13-15-5-7-16(8-6-15)24-20(26)9-11-22/h2-8,10,12,14H,9,13H2,1H3,(H,24,26). The summed E-state index contributed by atoms with van der Waals surface area (Å²) in [7, 11) is 1.65. The molecule has 1 heterocycles. The first-order valence-corrected chi connectivity index (χ1v) is 9.37. The highest BCUT2D eigenvalue weighted by Crippen LogP contribution is 2.28. The fourth-order valence-electron chi connectivity index (χ4n) is 2.47. The van der Waals surface area contributed by atoms with Gasteiger partial charge in [0.15, 0.2) is 0 Å². The average molecular weight is 390 g/mol. The van der Waals surface area contributed by atoms with Gasteiger partial charge in [-0.2, -0.15) is 5.26 Å². The molecule has 1 N–H and O–H groups in total. The van der Waals surface area contributed by atoms with Gasteiger partial charge in [0.05, 0.1) is 13.2 Å². The molecule has 140 valence electrons. The minimum absolute atomic E-state index is 0.159. The molecule has 0 aliphatic carbocycles. The number of nitriles is 1.